The Kier molecular flexibility index (Phi) is 4.37. The summed E-state index contributed by atoms with van der Waals surface area (Å²) in [4.78, 5) is 27.1. The number of carboxylic acids is 1. The lowest BCUT2D eigenvalue weighted by molar-refractivity contribution is 0.0695. The van der Waals surface area contributed by atoms with E-state index in [0.717, 1.165) is 42.3 Å². The molecule has 1 unspecified atom stereocenters. The molecule has 0 spiro atoms. The van der Waals surface area contributed by atoms with Crippen LogP contribution >= 0.6 is 11.3 Å². The van der Waals surface area contributed by atoms with Crippen LogP contribution in [0.5, 0.6) is 0 Å². The molecule has 6 heteroatoms. The highest BCUT2D eigenvalue weighted by atomic mass is 32.1. The van der Waals surface area contributed by atoms with Gasteiger partial charge in [-0.2, -0.15) is 0 Å². The zero-order chi connectivity index (χ0) is 20.3. The van der Waals surface area contributed by atoms with Crippen molar-refractivity contribution in [3.05, 3.63) is 56.2 Å². The summed E-state index contributed by atoms with van der Waals surface area (Å²) in [6.07, 6.45) is 7.08. The van der Waals surface area contributed by atoms with E-state index < -0.39 is 5.97 Å². The molecule has 0 bridgehead atoms. The zero-order valence-electron chi connectivity index (χ0n) is 16.6. The third-order valence-electron chi connectivity index (χ3n) is 6.28. The van der Waals surface area contributed by atoms with Crippen molar-refractivity contribution in [2.45, 2.75) is 51.1 Å². The molecule has 0 amide bonds. The van der Waals surface area contributed by atoms with Crippen molar-refractivity contribution < 1.29 is 9.90 Å². The summed E-state index contributed by atoms with van der Waals surface area (Å²) in [6, 6.07) is 6.98. The van der Waals surface area contributed by atoms with Crippen molar-refractivity contribution in [1.82, 2.24) is 9.88 Å². The van der Waals surface area contributed by atoms with Crippen molar-refractivity contribution in [2.75, 3.05) is 7.05 Å². The average Bonchev–Trinajstić information content (AvgIpc) is 3.45. The molecule has 2 aliphatic rings. The topological polar surface area (TPSA) is 71.3 Å². The van der Waals surface area contributed by atoms with Gasteiger partial charge in [-0.1, -0.05) is 0 Å². The first kappa shape index (κ1) is 18.6. The van der Waals surface area contributed by atoms with E-state index in [1.165, 1.54) is 21.7 Å². The van der Waals surface area contributed by atoms with Crippen molar-refractivity contribution >= 4 is 28.2 Å². The molecular formula is C23H24N2O3S. The van der Waals surface area contributed by atoms with Crippen molar-refractivity contribution in [3.8, 4) is 10.4 Å². The number of aromatic carboxylic acids is 1. The molecule has 2 N–H and O–H groups in total. The summed E-state index contributed by atoms with van der Waals surface area (Å²) in [5, 5.41) is 13.4. The molecule has 5 nitrogen and oxygen atoms in total. The molecule has 150 valence electrons. The number of rotatable bonds is 4. The number of nitrogens with one attached hydrogen (secondary N) is 1. The molecule has 1 saturated carbocycles. The lowest BCUT2D eigenvalue weighted by atomic mass is 9.93. The minimum Gasteiger partial charge on any atom is -0.477 e. The second-order valence-corrected chi connectivity index (χ2v) is 9.36. The van der Waals surface area contributed by atoms with Crippen LogP contribution in [0.1, 0.15) is 64.1 Å². The van der Waals surface area contributed by atoms with E-state index >= 15 is 0 Å². The predicted octanol–water partition coefficient (Wildman–Crippen LogP) is 4.67. The van der Waals surface area contributed by atoms with E-state index in [1.54, 1.807) is 6.20 Å². The highest BCUT2D eigenvalue weighted by molar-refractivity contribution is 7.15. The van der Waals surface area contributed by atoms with Gasteiger partial charge in [-0.15, -0.1) is 11.3 Å². The van der Waals surface area contributed by atoms with Crippen LogP contribution in [0.2, 0.25) is 0 Å². The summed E-state index contributed by atoms with van der Waals surface area (Å²) in [5.41, 5.74) is 3.88. The first-order valence-electron chi connectivity index (χ1n) is 10.2. The molecule has 0 aliphatic heterocycles. The Hall–Kier alpha value is -2.44. The summed E-state index contributed by atoms with van der Waals surface area (Å²) in [6.45, 7) is 2.01. The number of carbonyl (C=O) groups is 1. The van der Waals surface area contributed by atoms with E-state index in [-0.39, 0.29) is 17.0 Å². The Bertz CT molecular complexity index is 1200. The van der Waals surface area contributed by atoms with Crippen LogP contribution in [0.25, 0.3) is 21.3 Å². The number of nitrogens with zero attached hydrogens (tertiary/aromatic N) is 1. The molecule has 2 aliphatic carbocycles. The first-order chi connectivity index (χ1) is 14.0. The van der Waals surface area contributed by atoms with Crippen LogP contribution in [0.15, 0.2) is 29.2 Å². The number of pyridine rings is 1. The van der Waals surface area contributed by atoms with Gasteiger partial charge in [0.25, 0.3) is 0 Å². The van der Waals surface area contributed by atoms with Gasteiger partial charge in [0.15, 0.2) is 0 Å². The number of aromatic nitrogens is 1. The Labute approximate surface area is 173 Å². The van der Waals surface area contributed by atoms with Gasteiger partial charge in [0, 0.05) is 33.4 Å². The predicted molar refractivity (Wildman–Crippen MR) is 116 cm³/mol. The van der Waals surface area contributed by atoms with Crippen LogP contribution in [-0.2, 0) is 6.42 Å². The van der Waals surface area contributed by atoms with E-state index in [0.29, 0.717) is 11.4 Å². The highest BCUT2D eigenvalue weighted by Crippen LogP contribution is 2.42. The van der Waals surface area contributed by atoms with Gasteiger partial charge in [0.1, 0.15) is 5.56 Å². The Morgan fingerprint density at radius 3 is 2.72 bits per heavy atom. The van der Waals surface area contributed by atoms with Gasteiger partial charge >= 0.3 is 5.97 Å². The minimum absolute atomic E-state index is 0.139. The van der Waals surface area contributed by atoms with Crippen LogP contribution in [-0.4, -0.2) is 22.7 Å². The largest absolute Gasteiger partial charge is 0.477 e. The molecule has 3 aromatic rings. The zero-order valence-corrected chi connectivity index (χ0v) is 17.4. The van der Waals surface area contributed by atoms with Crippen molar-refractivity contribution in [3.63, 3.8) is 0 Å². The van der Waals surface area contributed by atoms with Gasteiger partial charge in [-0.25, -0.2) is 4.79 Å². The first-order valence-corrected chi connectivity index (χ1v) is 11.0. The van der Waals surface area contributed by atoms with Crippen molar-refractivity contribution in [2.24, 2.45) is 0 Å². The maximum Gasteiger partial charge on any atom is 0.341 e. The molecule has 0 radical (unpaired) electrons. The quantitative estimate of drug-likeness (QED) is 0.658. The normalized spacial score (nSPS) is 18.8. The second kappa shape index (κ2) is 6.82. The smallest absolute Gasteiger partial charge is 0.341 e. The monoisotopic (exact) mass is 408 g/mol. The molecule has 5 rings (SSSR count). The third-order valence-corrected chi connectivity index (χ3v) is 7.52. The minimum atomic E-state index is -1.16. The number of thiophene rings is 1. The number of hydrogen-bond acceptors (Lipinski definition) is 4. The lowest BCUT2D eigenvalue weighted by Crippen LogP contribution is -2.19. The number of carboxylic acid groups (broad SMARTS) is 1. The van der Waals surface area contributed by atoms with Gasteiger partial charge in [0.05, 0.1) is 5.52 Å². The Morgan fingerprint density at radius 2 is 2.03 bits per heavy atom. The molecule has 2 heterocycles. The van der Waals surface area contributed by atoms with E-state index in [2.05, 4.69) is 17.4 Å². The lowest BCUT2D eigenvalue weighted by Gasteiger charge is -2.21. The molecule has 0 saturated heterocycles. The number of fused-ring (bicyclic) bond motifs is 2. The fourth-order valence-corrected chi connectivity index (χ4v) is 5.91. The van der Waals surface area contributed by atoms with Crippen LogP contribution in [0.4, 0.5) is 0 Å². The van der Waals surface area contributed by atoms with Gasteiger partial charge < -0.3 is 15.0 Å². The second-order valence-electron chi connectivity index (χ2n) is 8.22. The average molecular weight is 409 g/mol. The van der Waals surface area contributed by atoms with Crippen molar-refractivity contribution in [1.29, 1.82) is 0 Å². The Morgan fingerprint density at radius 1 is 1.24 bits per heavy atom. The molecule has 1 atom stereocenters. The molecule has 29 heavy (non-hydrogen) atoms. The van der Waals surface area contributed by atoms with Crippen LogP contribution in [0.3, 0.4) is 0 Å². The van der Waals surface area contributed by atoms with Gasteiger partial charge in [-0.3, -0.25) is 4.79 Å². The molecule has 2 aromatic heterocycles. The SMILES string of the molecule is CNC1CCCc2sc(-c3cc4c(cc3C)c(=O)c(C(=O)O)cn4C3CC3)cc21. The standard InChI is InChI=1S/C23H24N2O3S/c1-12-8-16-19(25(13-6-7-13)11-17(22(16)26)23(27)28)9-14(12)21-10-15-18(24-2)4-3-5-20(15)29-21/h8-11,13,18,24H,3-7H2,1-2H3,(H,27,28). The van der Waals surface area contributed by atoms with E-state index in [1.807, 2.05) is 35.9 Å². The third kappa shape index (κ3) is 3.02. The molecular weight excluding hydrogens is 384 g/mol. The summed E-state index contributed by atoms with van der Waals surface area (Å²) < 4.78 is 2.01. The maximum absolute atomic E-state index is 12.8. The van der Waals surface area contributed by atoms with Crippen LogP contribution < -0.4 is 10.7 Å². The fraction of sp³-hybridized carbons (Fsp3) is 0.391. The number of aryl methyl sites for hydroxylation is 2. The maximum atomic E-state index is 12.8. The van der Waals surface area contributed by atoms with Gasteiger partial charge in [0.2, 0.25) is 5.43 Å². The molecule has 1 aromatic carbocycles. The highest BCUT2D eigenvalue weighted by Gasteiger charge is 2.28. The Balaban J connectivity index is 1.72. The summed E-state index contributed by atoms with van der Waals surface area (Å²) in [5.74, 6) is -1.16. The van der Waals surface area contributed by atoms with E-state index in [4.69, 9.17) is 0 Å². The number of benzene rings is 1. The van der Waals surface area contributed by atoms with Crippen LogP contribution in [0, 0.1) is 6.92 Å². The molecule has 1 fully saturated rings. The summed E-state index contributed by atoms with van der Waals surface area (Å²) >= 11 is 1.85. The fourth-order valence-electron chi connectivity index (χ4n) is 4.56. The summed E-state index contributed by atoms with van der Waals surface area (Å²) in [7, 11) is 2.02. The number of hydrogen-bond donors (Lipinski definition) is 2. The van der Waals surface area contributed by atoms with E-state index in [9.17, 15) is 14.7 Å². The van der Waals surface area contributed by atoms with Gasteiger partial charge in [-0.05, 0) is 81.0 Å².